The molecule has 2 saturated heterocycles. The van der Waals surface area contributed by atoms with Crippen molar-refractivity contribution >= 4 is 46.1 Å². The Morgan fingerprint density at radius 1 is 1.31 bits per heavy atom. The first kappa shape index (κ1) is 21.6. The number of thiocarbonyl (C=S) groups is 1. The summed E-state index contributed by atoms with van der Waals surface area (Å²) in [6.45, 7) is 8.29. The van der Waals surface area contributed by atoms with Crippen LogP contribution in [0.3, 0.4) is 0 Å². The monoisotopic (exact) mass is 430 g/mol. The molecule has 0 bridgehead atoms. The molecule has 0 N–H and O–H groups in total. The van der Waals surface area contributed by atoms with Gasteiger partial charge in [-0.05, 0) is 43.7 Å². The highest BCUT2D eigenvalue weighted by Gasteiger charge is 2.31. The Morgan fingerprint density at radius 3 is 2.48 bits per heavy atom. The van der Waals surface area contributed by atoms with Crippen molar-refractivity contribution in [2.24, 2.45) is 5.92 Å². The summed E-state index contributed by atoms with van der Waals surface area (Å²) in [6, 6.07) is 2.08. The van der Waals surface area contributed by atoms with E-state index in [2.05, 4.69) is 17.9 Å². The highest BCUT2D eigenvalue weighted by molar-refractivity contribution is 8.26. The molecule has 2 aliphatic rings. The van der Waals surface area contributed by atoms with E-state index in [9.17, 15) is 14.9 Å². The lowest BCUT2D eigenvalue weighted by Gasteiger charge is -2.35. The van der Waals surface area contributed by atoms with Gasteiger partial charge in [0.15, 0.2) is 0 Å². The van der Waals surface area contributed by atoms with Crippen molar-refractivity contribution < 1.29 is 4.79 Å². The van der Waals surface area contributed by atoms with E-state index in [1.54, 1.807) is 18.5 Å². The van der Waals surface area contributed by atoms with Gasteiger partial charge in [-0.1, -0.05) is 37.8 Å². The number of piperidine rings is 1. The number of hydrogen-bond donors (Lipinski definition) is 0. The van der Waals surface area contributed by atoms with Crippen molar-refractivity contribution in [3.05, 3.63) is 31.9 Å². The van der Waals surface area contributed by atoms with Crippen LogP contribution in [0.15, 0.2) is 9.70 Å². The van der Waals surface area contributed by atoms with E-state index < -0.39 is 0 Å². The number of anilines is 1. The Balaban J connectivity index is 2.26. The number of pyridine rings is 1. The molecule has 29 heavy (non-hydrogen) atoms. The molecule has 0 radical (unpaired) electrons. The van der Waals surface area contributed by atoms with E-state index in [-0.39, 0.29) is 17.0 Å². The summed E-state index contributed by atoms with van der Waals surface area (Å²) in [5.74, 6) is 1.32. The van der Waals surface area contributed by atoms with Crippen molar-refractivity contribution in [3.8, 4) is 6.07 Å². The van der Waals surface area contributed by atoms with Crippen LogP contribution in [-0.2, 0) is 11.3 Å². The van der Waals surface area contributed by atoms with Crippen LogP contribution in [0.4, 0.5) is 5.82 Å². The van der Waals surface area contributed by atoms with Gasteiger partial charge in [0.1, 0.15) is 21.8 Å². The average Bonchev–Trinajstić information content (AvgIpc) is 2.94. The zero-order chi connectivity index (χ0) is 21.3. The molecule has 154 valence electrons. The Labute approximate surface area is 181 Å². The van der Waals surface area contributed by atoms with Gasteiger partial charge in [0.25, 0.3) is 11.5 Å². The number of carbonyl (C=O) groups excluding carboxylic acids is 1. The summed E-state index contributed by atoms with van der Waals surface area (Å²) in [6.07, 6.45) is 4.70. The number of hydrogen-bond acceptors (Lipinski definition) is 6. The van der Waals surface area contributed by atoms with Crippen molar-refractivity contribution in [2.45, 2.75) is 46.6 Å². The smallest absolute Gasteiger partial charge is 0.270 e. The molecule has 0 saturated carbocycles. The minimum Gasteiger partial charge on any atom is -0.357 e. The van der Waals surface area contributed by atoms with Gasteiger partial charge in [-0.3, -0.25) is 19.1 Å². The summed E-state index contributed by atoms with van der Waals surface area (Å²) in [7, 11) is 1.66. The largest absolute Gasteiger partial charge is 0.357 e. The molecular weight excluding hydrogens is 404 g/mol. The van der Waals surface area contributed by atoms with Gasteiger partial charge in [-0.25, -0.2) is 0 Å². The number of aromatic nitrogens is 1. The first-order valence-electron chi connectivity index (χ1n) is 9.94. The van der Waals surface area contributed by atoms with Gasteiger partial charge in [-0.15, -0.1) is 0 Å². The first-order valence-corrected chi connectivity index (χ1v) is 11.2. The summed E-state index contributed by atoms with van der Waals surface area (Å²) >= 11 is 6.52. The van der Waals surface area contributed by atoms with Crippen molar-refractivity contribution in [1.29, 1.82) is 5.26 Å². The Kier molecular flexibility index (Phi) is 6.49. The van der Waals surface area contributed by atoms with E-state index in [0.717, 1.165) is 43.7 Å². The second-order valence-electron chi connectivity index (χ2n) is 7.72. The molecule has 8 heteroatoms. The van der Waals surface area contributed by atoms with E-state index in [1.165, 1.54) is 16.7 Å². The van der Waals surface area contributed by atoms with E-state index in [4.69, 9.17) is 12.2 Å². The second-order valence-corrected chi connectivity index (χ2v) is 9.39. The summed E-state index contributed by atoms with van der Waals surface area (Å²) in [4.78, 5) is 29.9. The zero-order valence-electron chi connectivity index (χ0n) is 17.3. The van der Waals surface area contributed by atoms with Crippen molar-refractivity contribution in [3.63, 3.8) is 0 Å². The first-order chi connectivity index (χ1) is 13.8. The van der Waals surface area contributed by atoms with Gasteiger partial charge >= 0.3 is 0 Å². The minimum atomic E-state index is -0.249. The molecule has 0 aromatic carbocycles. The van der Waals surface area contributed by atoms with Crippen LogP contribution >= 0.6 is 24.0 Å². The number of thioether (sulfide) groups is 1. The summed E-state index contributed by atoms with van der Waals surface area (Å²) in [5.41, 5.74) is 1.30. The molecule has 0 unspecified atom stereocenters. The predicted octanol–water partition coefficient (Wildman–Crippen LogP) is 3.51. The van der Waals surface area contributed by atoms with Gasteiger partial charge in [-0.2, -0.15) is 5.26 Å². The molecule has 0 atom stereocenters. The molecule has 2 fully saturated rings. The third-order valence-electron chi connectivity index (χ3n) is 5.64. The molecule has 1 aromatic heterocycles. The number of amides is 1. The van der Waals surface area contributed by atoms with E-state index in [0.29, 0.717) is 27.3 Å². The maximum absolute atomic E-state index is 13.1. The fraction of sp³-hybridized carbons (Fsp3) is 0.524. The molecule has 6 nitrogen and oxygen atoms in total. The lowest BCUT2D eigenvalue weighted by molar-refractivity contribution is -0.121. The van der Waals surface area contributed by atoms with Gasteiger partial charge < -0.3 is 4.90 Å². The minimum absolute atomic E-state index is 0.144. The number of nitrogens with zero attached hydrogens (tertiary/aromatic N) is 4. The fourth-order valence-corrected chi connectivity index (χ4v) is 4.97. The quantitative estimate of drug-likeness (QED) is 0.538. The number of carbonyl (C=O) groups is 1. The molecule has 0 spiro atoms. The average molecular weight is 431 g/mol. The van der Waals surface area contributed by atoms with E-state index >= 15 is 0 Å². The van der Waals surface area contributed by atoms with Crippen LogP contribution in [-0.4, -0.2) is 39.8 Å². The van der Waals surface area contributed by atoms with Crippen LogP contribution < -0.4 is 10.5 Å². The second kappa shape index (κ2) is 8.72. The van der Waals surface area contributed by atoms with E-state index in [1.807, 2.05) is 13.0 Å². The SMILES string of the molecule is CCCn1c(N2CCC(C)CC2)c(/C=C2\SC(=S)N(C)C2=O)c(C)c(C#N)c1=O. The number of nitriles is 1. The van der Waals surface area contributed by atoms with Crippen LogP contribution in [0.25, 0.3) is 6.08 Å². The van der Waals surface area contributed by atoms with Gasteiger partial charge in [0.05, 0.1) is 4.91 Å². The lowest BCUT2D eigenvalue weighted by atomic mass is 9.97. The molecule has 1 aromatic rings. The summed E-state index contributed by atoms with van der Waals surface area (Å²) < 4.78 is 2.23. The van der Waals surface area contributed by atoms with Crippen LogP contribution in [0.1, 0.15) is 49.8 Å². The molecule has 1 amide bonds. The fourth-order valence-electron chi connectivity index (χ4n) is 3.81. The van der Waals surface area contributed by atoms with Crippen molar-refractivity contribution in [1.82, 2.24) is 9.47 Å². The van der Waals surface area contributed by atoms with Crippen LogP contribution in [0, 0.1) is 24.2 Å². The summed E-state index contributed by atoms with van der Waals surface area (Å²) in [5, 5.41) is 9.65. The van der Waals surface area contributed by atoms with Gasteiger partial charge in [0, 0.05) is 32.2 Å². The Bertz CT molecular complexity index is 982. The topological polar surface area (TPSA) is 69.3 Å². The Morgan fingerprint density at radius 2 is 1.97 bits per heavy atom. The molecule has 2 aliphatic heterocycles. The standard InChI is InChI=1S/C21H26N4O2S2/c1-5-8-25-18(24-9-6-13(2)7-10-24)15(14(3)16(12-22)19(25)26)11-17-20(27)23(4)21(28)29-17/h11,13H,5-10H2,1-4H3/b17-11-. The third-order valence-corrected chi connectivity index (χ3v) is 7.12. The predicted molar refractivity (Wildman–Crippen MR) is 122 cm³/mol. The lowest BCUT2D eigenvalue weighted by Crippen LogP contribution is -2.39. The van der Waals surface area contributed by atoms with Crippen LogP contribution in [0.5, 0.6) is 0 Å². The highest BCUT2D eigenvalue weighted by Crippen LogP contribution is 2.36. The molecular formula is C21H26N4O2S2. The van der Waals surface area contributed by atoms with Crippen LogP contribution in [0.2, 0.25) is 0 Å². The zero-order valence-corrected chi connectivity index (χ0v) is 19.0. The maximum Gasteiger partial charge on any atom is 0.270 e. The maximum atomic E-state index is 13.1. The number of rotatable bonds is 4. The number of likely N-dealkylation sites (N-methyl/N-ethyl adjacent to an activating group) is 1. The highest BCUT2D eigenvalue weighted by atomic mass is 32.2. The van der Waals surface area contributed by atoms with Crippen molar-refractivity contribution in [2.75, 3.05) is 25.0 Å². The third kappa shape index (κ3) is 3.99. The molecule has 3 heterocycles. The Hall–Kier alpha value is -2.11. The van der Waals surface area contributed by atoms with Gasteiger partial charge in [0.2, 0.25) is 0 Å². The normalized spacial score (nSPS) is 19.3. The molecule has 3 rings (SSSR count). The molecule has 0 aliphatic carbocycles.